The van der Waals surface area contributed by atoms with Crippen LogP contribution in [0.1, 0.15) is 32.4 Å². The summed E-state index contributed by atoms with van der Waals surface area (Å²) >= 11 is 0. The molecule has 2 N–H and O–H groups in total. The number of aromatic nitrogens is 3. The molecule has 0 aliphatic carbocycles. The lowest BCUT2D eigenvalue weighted by molar-refractivity contribution is 0.268. The van der Waals surface area contributed by atoms with Crippen LogP contribution in [-0.4, -0.2) is 32.7 Å². The largest absolute Gasteiger partial charge is 0.394 e. The lowest BCUT2D eigenvalue weighted by Crippen LogP contribution is -2.25. The van der Waals surface area contributed by atoms with E-state index >= 15 is 0 Å². The Kier molecular flexibility index (Phi) is 5.28. The van der Waals surface area contributed by atoms with Crippen LogP contribution in [0.15, 0.2) is 6.20 Å². The third-order valence-corrected chi connectivity index (χ3v) is 2.27. The minimum atomic E-state index is 0.0997. The number of hydrogen-bond acceptors (Lipinski definition) is 4. The van der Waals surface area contributed by atoms with E-state index in [-0.39, 0.29) is 6.61 Å². The molecule has 0 aliphatic heterocycles. The SMILES string of the molecule is CCCC(C)NCc1cn(CCO)nn1. The lowest BCUT2D eigenvalue weighted by atomic mass is 10.2. The molecule has 5 nitrogen and oxygen atoms in total. The van der Waals surface area contributed by atoms with Gasteiger partial charge in [-0.15, -0.1) is 5.10 Å². The zero-order valence-corrected chi connectivity index (χ0v) is 9.48. The summed E-state index contributed by atoms with van der Waals surface area (Å²) < 4.78 is 1.65. The monoisotopic (exact) mass is 212 g/mol. The number of nitrogens with zero attached hydrogens (tertiary/aromatic N) is 3. The van der Waals surface area contributed by atoms with Crippen LogP contribution in [0.3, 0.4) is 0 Å². The zero-order chi connectivity index (χ0) is 11.1. The predicted octanol–water partition coefficient (Wildman–Crippen LogP) is 0.549. The Hall–Kier alpha value is -0.940. The fraction of sp³-hybridized carbons (Fsp3) is 0.800. The summed E-state index contributed by atoms with van der Waals surface area (Å²) in [5.41, 5.74) is 0.923. The zero-order valence-electron chi connectivity index (χ0n) is 9.48. The quantitative estimate of drug-likeness (QED) is 0.693. The first-order valence-corrected chi connectivity index (χ1v) is 5.49. The summed E-state index contributed by atoms with van der Waals surface area (Å²) in [6.07, 6.45) is 4.22. The molecule has 0 saturated heterocycles. The molecule has 0 saturated carbocycles. The maximum Gasteiger partial charge on any atom is 0.0964 e. The van der Waals surface area contributed by atoms with Gasteiger partial charge in [-0.25, -0.2) is 4.68 Å². The van der Waals surface area contributed by atoms with Gasteiger partial charge in [0, 0.05) is 18.8 Å². The molecule has 0 aromatic carbocycles. The van der Waals surface area contributed by atoms with Crippen molar-refractivity contribution in [1.82, 2.24) is 20.3 Å². The van der Waals surface area contributed by atoms with Gasteiger partial charge in [0.15, 0.2) is 0 Å². The lowest BCUT2D eigenvalue weighted by Gasteiger charge is -2.10. The van der Waals surface area contributed by atoms with Gasteiger partial charge in [0.2, 0.25) is 0 Å². The van der Waals surface area contributed by atoms with E-state index in [1.54, 1.807) is 4.68 Å². The molecule has 0 radical (unpaired) electrons. The first kappa shape index (κ1) is 12.1. The number of rotatable bonds is 7. The molecule has 0 spiro atoms. The topological polar surface area (TPSA) is 63.0 Å². The molecule has 1 heterocycles. The Bertz CT molecular complexity index is 274. The second-order valence-electron chi connectivity index (χ2n) is 3.77. The molecular weight excluding hydrogens is 192 g/mol. The van der Waals surface area contributed by atoms with Gasteiger partial charge >= 0.3 is 0 Å². The molecule has 1 rings (SSSR count). The minimum Gasteiger partial charge on any atom is -0.394 e. The molecule has 1 atom stereocenters. The Labute approximate surface area is 90.5 Å². The minimum absolute atomic E-state index is 0.0997. The van der Waals surface area contributed by atoms with Crippen LogP contribution >= 0.6 is 0 Å². The third-order valence-electron chi connectivity index (χ3n) is 2.27. The first-order valence-electron chi connectivity index (χ1n) is 5.49. The van der Waals surface area contributed by atoms with E-state index in [0.29, 0.717) is 12.6 Å². The molecule has 86 valence electrons. The summed E-state index contributed by atoms with van der Waals surface area (Å²) in [5, 5.41) is 20.0. The number of aliphatic hydroxyl groups excluding tert-OH is 1. The van der Waals surface area contributed by atoms with Gasteiger partial charge < -0.3 is 10.4 Å². The van der Waals surface area contributed by atoms with Gasteiger partial charge in [-0.2, -0.15) is 0 Å². The second-order valence-corrected chi connectivity index (χ2v) is 3.77. The Balaban J connectivity index is 2.30. The summed E-state index contributed by atoms with van der Waals surface area (Å²) in [6, 6.07) is 0.512. The van der Waals surface area contributed by atoms with E-state index in [1.165, 1.54) is 12.8 Å². The Morgan fingerprint density at radius 3 is 3.07 bits per heavy atom. The van der Waals surface area contributed by atoms with Crippen LogP contribution in [0.2, 0.25) is 0 Å². The van der Waals surface area contributed by atoms with Crippen molar-refractivity contribution in [3.05, 3.63) is 11.9 Å². The predicted molar refractivity (Wildman–Crippen MR) is 58.3 cm³/mol. The van der Waals surface area contributed by atoms with Crippen LogP contribution in [-0.2, 0) is 13.1 Å². The molecule has 0 amide bonds. The maximum absolute atomic E-state index is 8.71. The average Bonchev–Trinajstić information content (AvgIpc) is 2.64. The van der Waals surface area contributed by atoms with E-state index < -0.39 is 0 Å². The highest BCUT2D eigenvalue weighted by Gasteiger charge is 2.03. The number of aliphatic hydroxyl groups is 1. The van der Waals surface area contributed by atoms with Crippen molar-refractivity contribution < 1.29 is 5.11 Å². The van der Waals surface area contributed by atoms with Gasteiger partial charge in [-0.3, -0.25) is 0 Å². The smallest absolute Gasteiger partial charge is 0.0964 e. The van der Waals surface area contributed by atoms with Crippen molar-refractivity contribution in [2.24, 2.45) is 0 Å². The molecule has 0 bridgehead atoms. The standard InChI is InChI=1S/C10H20N4O/c1-3-4-9(2)11-7-10-8-14(5-6-15)13-12-10/h8-9,11,15H,3-7H2,1-2H3. The summed E-state index contributed by atoms with van der Waals surface area (Å²) in [5.74, 6) is 0. The summed E-state index contributed by atoms with van der Waals surface area (Å²) in [4.78, 5) is 0. The van der Waals surface area contributed by atoms with Gasteiger partial charge in [-0.1, -0.05) is 18.6 Å². The molecule has 1 unspecified atom stereocenters. The van der Waals surface area contributed by atoms with E-state index in [4.69, 9.17) is 5.11 Å². The molecule has 0 aliphatic rings. The van der Waals surface area contributed by atoms with Crippen LogP contribution in [0, 0.1) is 0 Å². The van der Waals surface area contributed by atoms with Crippen LogP contribution in [0.4, 0.5) is 0 Å². The summed E-state index contributed by atoms with van der Waals surface area (Å²) in [7, 11) is 0. The van der Waals surface area contributed by atoms with E-state index in [1.807, 2.05) is 6.20 Å². The molecule has 0 fully saturated rings. The van der Waals surface area contributed by atoms with Crippen LogP contribution in [0.5, 0.6) is 0 Å². The maximum atomic E-state index is 8.71. The van der Waals surface area contributed by atoms with E-state index in [2.05, 4.69) is 29.5 Å². The van der Waals surface area contributed by atoms with Gasteiger partial charge in [-0.05, 0) is 13.3 Å². The first-order chi connectivity index (χ1) is 7.26. The highest BCUT2D eigenvalue weighted by molar-refractivity contribution is 4.91. The average molecular weight is 212 g/mol. The van der Waals surface area contributed by atoms with Crippen LogP contribution in [0.25, 0.3) is 0 Å². The second kappa shape index (κ2) is 6.53. The van der Waals surface area contributed by atoms with E-state index in [9.17, 15) is 0 Å². The van der Waals surface area contributed by atoms with Crippen molar-refractivity contribution in [3.8, 4) is 0 Å². The molecule has 15 heavy (non-hydrogen) atoms. The van der Waals surface area contributed by atoms with Gasteiger partial charge in [0.1, 0.15) is 0 Å². The van der Waals surface area contributed by atoms with Crippen molar-refractivity contribution in [3.63, 3.8) is 0 Å². The third kappa shape index (κ3) is 4.40. The van der Waals surface area contributed by atoms with Crippen LogP contribution < -0.4 is 5.32 Å². The Morgan fingerprint density at radius 1 is 1.60 bits per heavy atom. The fourth-order valence-electron chi connectivity index (χ4n) is 1.45. The van der Waals surface area contributed by atoms with Crippen molar-refractivity contribution in [2.75, 3.05) is 6.61 Å². The Morgan fingerprint density at radius 2 is 2.40 bits per heavy atom. The fourth-order valence-corrected chi connectivity index (χ4v) is 1.45. The van der Waals surface area contributed by atoms with Crippen molar-refractivity contribution >= 4 is 0 Å². The summed E-state index contributed by atoms with van der Waals surface area (Å²) in [6.45, 7) is 5.70. The van der Waals surface area contributed by atoms with Gasteiger partial charge in [0.25, 0.3) is 0 Å². The normalized spacial score (nSPS) is 13.0. The number of hydrogen-bond donors (Lipinski definition) is 2. The van der Waals surface area contributed by atoms with E-state index in [0.717, 1.165) is 12.2 Å². The number of nitrogens with one attached hydrogen (secondary N) is 1. The molecule has 5 heteroatoms. The van der Waals surface area contributed by atoms with Gasteiger partial charge in [0.05, 0.1) is 18.8 Å². The van der Waals surface area contributed by atoms with Crippen molar-refractivity contribution in [2.45, 2.75) is 45.8 Å². The highest BCUT2D eigenvalue weighted by atomic mass is 16.3. The molecule has 1 aromatic rings. The molecule has 1 aromatic heterocycles. The molecular formula is C10H20N4O. The highest BCUT2D eigenvalue weighted by Crippen LogP contribution is 1.98. The van der Waals surface area contributed by atoms with Crippen molar-refractivity contribution in [1.29, 1.82) is 0 Å².